The molecule has 0 aliphatic carbocycles. The molecule has 0 bridgehead atoms. The van der Waals surface area contributed by atoms with Crippen LogP contribution in [0.5, 0.6) is 0 Å². The molecule has 11 heteroatoms. The molecule has 0 spiro atoms. The summed E-state index contributed by atoms with van der Waals surface area (Å²) in [7, 11) is 1.76. The predicted molar refractivity (Wildman–Crippen MR) is 137 cm³/mol. The van der Waals surface area contributed by atoms with Gasteiger partial charge in [-0.2, -0.15) is 0 Å². The van der Waals surface area contributed by atoms with Crippen LogP contribution in [0.1, 0.15) is 13.8 Å². The molecule has 2 aliphatic heterocycles. The monoisotopic (exact) mass is 521 g/mol. The first-order valence-electron chi connectivity index (χ1n) is 12.0. The molecule has 2 fully saturated rings. The Morgan fingerprint density at radius 2 is 1.19 bits per heavy atom. The fourth-order valence-corrected chi connectivity index (χ4v) is 4.40. The third-order valence-corrected chi connectivity index (χ3v) is 6.37. The Balaban J connectivity index is 2.29. The summed E-state index contributed by atoms with van der Waals surface area (Å²) in [6, 6.07) is 0. The molecule has 10 atom stereocenters. The minimum atomic E-state index is -1.53. The van der Waals surface area contributed by atoms with Crippen molar-refractivity contribution in [2.75, 3.05) is 13.2 Å². The van der Waals surface area contributed by atoms with Gasteiger partial charge in [0.05, 0.1) is 13.2 Å². The molecule has 2 rings (SSSR count). The first-order valence-corrected chi connectivity index (χ1v) is 12.0. The molecule has 10 nitrogen and oxygen atoms in total. The average Bonchev–Trinajstić information content (AvgIpc) is 2.86. The van der Waals surface area contributed by atoms with E-state index in [4.69, 9.17) is 9.47 Å². The van der Waals surface area contributed by atoms with E-state index in [9.17, 15) is 40.9 Å². The Hall–Kier alpha value is -1.90. The Labute approximate surface area is 217 Å². The number of hydrogen-bond acceptors (Lipinski definition) is 10. The Morgan fingerprint density at radius 3 is 1.68 bits per heavy atom. The van der Waals surface area contributed by atoms with E-state index in [1.807, 2.05) is 0 Å². The van der Waals surface area contributed by atoms with Crippen molar-refractivity contribution in [3.63, 3.8) is 0 Å². The van der Waals surface area contributed by atoms with Gasteiger partial charge in [0.2, 0.25) is 0 Å². The molecule has 0 aromatic rings. The molecule has 2 saturated heterocycles. The van der Waals surface area contributed by atoms with Crippen molar-refractivity contribution in [1.29, 1.82) is 0 Å². The van der Waals surface area contributed by atoms with Crippen LogP contribution in [0.3, 0.4) is 0 Å². The predicted octanol–water partition coefficient (Wildman–Crippen LogP) is -1.59. The van der Waals surface area contributed by atoms with E-state index < -0.39 is 74.3 Å². The third kappa shape index (κ3) is 7.58. The summed E-state index contributed by atoms with van der Waals surface area (Å²) < 4.78 is 11.3. The zero-order valence-corrected chi connectivity index (χ0v) is 21.0. The van der Waals surface area contributed by atoms with Crippen LogP contribution in [0.4, 0.5) is 0 Å². The van der Waals surface area contributed by atoms with Crippen LogP contribution < -0.4 is 0 Å². The van der Waals surface area contributed by atoms with E-state index in [-0.39, 0.29) is 0 Å². The highest BCUT2D eigenvalue weighted by Crippen LogP contribution is 2.28. The van der Waals surface area contributed by atoms with Crippen LogP contribution in [0.2, 0.25) is 0 Å². The molecule has 2 aliphatic rings. The van der Waals surface area contributed by atoms with Crippen molar-refractivity contribution in [3.05, 3.63) is 71.7 Å². The van der Waals surface area contributed by atoms with E-state index in [0.717, 1.165) is 0 Å². The maximum absolute atomic E-state index is 10.5. The minimum absolute atomic E-state index is 0.438. The van der Waals surface area contributed by atoms with Gasteiger partial charge in [-0.15, -0.1) is 5.47 Å². The first kappa shape index (κ1) is 31.3. The van der Waals surface area contributed by atoms with E-state index >= 15 is 0 Å². The quantitative estimate of drug-likeness (QED) is 0.123. The molecule has 0 saturated carbocycles. The van der Waals surface area contributed by atoms with E-state index in [0.29, 0.717) is 22.1 Å². The van der Waals surface area contributed by atoms with Crippen LogP contribution in [0.25, 0.3) is 0 Å². The highest BCUT2D eigenvalue weighted by atomic mass is 16.6. The van der Waals surface area contributed by atoms with Crippen LogP contribution in [0, 0.1) is 0 Å². The van der Waals surface area contributed by atoms with Gasteiger partial charge in [0.25, 0.3) is 0 Å². The molecule has 1 radical (unpaired) electrons. The van der Waals surface area contributed by atoms with Crippen LogP contribution >= 0.6 is 0 Å². The highest BCUT2D eigenvalue weighted by Gasteiger charge is 2.45. The Kier molecular flexibility index (Phi) is 12.1. The lowest BCUT2D eigenvalue weighted by Crippen LogP contribution is -2.58. The van der Waals surface area contributed by atoms with Gasteiger partial charge in [0, 0.05) is 0 Å². The fourth-order valence-electron chi connectivity index (χ4n) is 4.40. The van der Waals surface area contributed by atoms with Gasteiger partial charge in [-0.05, 0) is 18.1 Å². The summed E-state index contributed by atoms with van der Waals surface area (Å²) in [5.41, 5.74) is 2.26. The lowest BCUT2D eigenvalue weighted by molar-refractivity contribution is -0.219. The van der Waals surface area contributed by atoms with Gasteiger partial charge in [-0.25, -0.2) is 0 Å². The molecular formula is C26H38BO10. The first-order chi connectivity index (χ1) is 17.5. The standard InChI is InChI=1S/C26H38BO10/c1-5-7-15(26-24(35)22(33)20(31)18(12-29)37-26)10-14(4)27-16(8-6-2)9-13(3)25-23(34)21(32)19(30)17(11-28)36-25/h5-10,17-26,28-35H,1-2,11-12H2,3-4H3/b13-9+,14-10+,15-7+,16-8+/t17-,18-,19-,20-,21+,22+,23+,24+,25-,26-/m1/s1. The Morgan fingerprint density at radius 1 is 0.703 bits per heavy atom. The molecule has 0 aromatic heterocycles. The number of aliphatic hydroxyl groups is 8. The molecule has 205 valence electrons. The van der Waals surface area contributed by atoms with Gasteiger partial charge >= 0.3 is 0 Å². The van der Waals surface area contributed by atoms with Crippen molar-refractivity contribution < 1.29 is 50.3 Å². The van der Waals surface area contributed by atoms with E-state index in [2.05, 4.69) is 13.2 Å². The lowest BCUT2D eigenvalue weighted by Gasteiger charge is -2.40. The molecule has 0 aromatic carbocycles. The summed E-state index contributed by atoms with van der Waals surface area (Å²) >= 11 is 0. The maximum atomic E-state index is 10.5. The van der Waals surface area contributed by atoms with Crippen molar-refractivity contribution in [3.8, 4) is 0 Å². The summed E-state index contributed by atoms with van der Waals surface area (Å²) in [6.45, 7) is 9.75. The van der Waals surface area contributed by atoms with Gasteiger partial charge in [-0.1, -0.05) is 62.0 Å². The number of allylic oxidation sites excluding steroid dienone is 7. The van der Waals surface area contributed by atoms with Crippen LogP contribution in [-0.2, 0) is 9.47 Å². The van der Waals surface area contributed by atoms with Crippen molar-refractivity contribution in [2.24, 2.45) is 0 Å². The van der Waals surface area contributed by atoms with Crippen molar-refractivity contribution >= 4 is 7.28 Å². The number of hydrogen-bond donors (Lipinski definition) is 8. The summed E-state index contributed by atoms with van der Waals surface area (Å²) in [5.74, 6) is 0. The third-order valence-electron chi connectivity index (χ3n) is 6.37. The fraction of sp³-hybridized carbons (Fsp3) is 0.538. The second-order valence-corrected chi connectivity index (χ2v) is 9.22. The van der Waals surface area contributed by atoms with Gasteiger partial charge in [-0.3, -0.25) is 0 Å². The Bertz CT molecular complexity index is 909. The molecule has 37 heavy (non-hydrogen) atoms. The number of aliphatic hydroxyl groups excluding tert-OH is 8. The van der Waals surface area contributed by atoms with Crippen molar-refractivity contribution in [1.82, 2.24) is 0 Å². The largest absolute Gasteiger partial charge is 0.394 e. The maximum Gasteiger partial charge on any atom is 0.185 e. The zero-order chi connectivity index (χ0) is 27.9. The molecular weight excluding hydrogens is 483 g/mol. The summed E-state index contributed by atoms with van der Waals surface area (Å²) in [5, 5.41) is 80.2. The van der Waals surface area contributed by atoms with E-state index in [1.165, 1.54) is 6.08 Å². The summed E-state index contributed by atoms with van der Waals surface area (Å²) in [6.07, 6.45) is -3.27. The number of ether oxygens (including phenoxy) is 2. The van der Waals surface area contributed by atoms with E-state index in [1.54, 1.807) is 51.5 Å². The van der Waals surface area contributed by atoms with Crippen LogP contribution in [-0.4, -0.2) is 122 Å². The van der Waals surface area contributed by atoms with Gasteiger partial charge < -0.3 is 50.3 Å². The SMILES string of the molecule is C=C/C=C([B]/C(C)=C/C(=C\C=C)[C@H]1O[C@H](CO)[C@@H](O)[C@H](O)[C@@H]1O)\C=C(/C)[C@H]1O[C@H](CO)[C@@H](O)[C@H](O)[C@@H]1O. The lowest BCUT2D eigenvalue weighted by atomic mass is 9.61. The van der Waals surface area contributed by atoms with Gasteiger partial charge in [0.15, 0.2) is 7.28 Å². The smallest absolute Gasteiger partial charge is 0.185 e. The molecule has 0 unspecified atom stereocenters. The van der Waals surface area contributed by atoms with Gasteiger partial charge in [0.1, 0.15) is 61.0 Å². The topological polar surface area (TPSA) is 180 Å². The normalized spacial score (nSPS) is 38.3. The molecule has 8 N–H and O–H groups in total. The second kappa shape index (κ2) is 14.3. The highest BCUT2D eigenvalue weighted by molar-refractivity contribution is 6.54. The summed E-state index contributed by atoms with van der Waals surface area (Å²) in [4.78, 5) is 0. The zero-order valence-electron chi connectivity index (χ0n) is 21.0. The second-order valence-electron chi connectivity index (χ2n) is 9.22. The van der Waals surface area contributed by atoms with Crippen LogP contribution in [0.15, 0.2) is 71.7 Å². The number of rotatable bonds is 10. The molecule has 0 amide bonds. The minimum Gasteiger partial charge on any atom is -0.394 e. The molecule has 2 heterocycles. The average molecular weight is 521 g/mol. The van der Waals surface area contributed by atoms with Crippen molar-refractivity contribution in [2.45, 2.75) is 74.9 Å².